The van der Waals surface area contributed by atoms with E-state index >= 15 is 0 Å². The molecular weight excluding hydrogens is 624 g/mol. The average molecular weight is 671 g/mol. The predicted molar refractivity (Wildman–Crippen MR) is 184 cm³/mol. The molecule has 0 amide bonds. The van der Waals surface area contributed by atoms with Gasteiger partial charge < -0.3 is 22.9 Å². The van der Waals surface area contributed by atoms with Gasteiger partial charge in [-0.1, -0.05) is 71.0 Å². The number of aromatic amines is 1. The number of hydrogen-bond acceptors (Lipinski definition) is 10. The van der Waals surface area contributed by atoms with Crippen LogP contribution in [0.25, 0.3) is 22.5 Å². The molecular formula is C37H46N6O6. The molecule has 0 aliphatic rings. The van der Waals surface area contributed by atoms with E-state index in [1.165, 1.54) is 0 Å². The molecule has 3 heterocycles. The minimum atomic E-state index is -0.828. The number of tetrazole rings is 1. The number of nitrogens with one attached hydrogen (secondary N) is 1. The van der Waals surface area contributed by atoms with Crippen LogP contribution in [0.5, 0.6) is 0 Å². The summed E-state index contributed by atoms with van der Waals surface area (Å²) in [5, 5.41) is 14.8. The van der Waals surface area contributed by atoms with Gasteiger partial charge in [-0.2, -0.15) is 5.21 Å². The molecule has 0 saturated carbocycles. The summed E-state index contributed by atoms with van der Waals surface area (Å²) < 4.78 is 24.4. The van der Waals surface area contributed by atoms with Crippen molar-refractivity contribution in [2.75, 3.05) is 7.11 Å². The zero-order valence-electron chi connectivity index (χ0n) is 29.8. The van der Waals surface area contributed by atoms with E-state index in [2.05, 4.69) is 79.5 Å². The number of rotatable bonds is 14. The van der Waals surface area contributed by atoms with E-state index in [0.717, 1.165) is 39.2 Å². The molecule has 5 rings (SSSR count). The average Bonchev–Trinajstić information content (AvgIpc) is 3.83. The van der Waals surface area contributed by atoms with E-state index in [4.69, 9.17) is 23.3 Å². The van der Waals surface area contributed by atoms with Gasteiger partial charge in [-0.3, -0.25) is 0 Å². The zero-order valence-corrected chi connectivity index (χ0v) is 29.8. The largest absolute Gasteiger partial charge is 0.519 e. The van der Waals surface area contributed by atoms with E-state index in [0.29, 0.717) is 48.7 Å². The lowest BCUT2D eigenvalue weighted by atomic mass is 9.90. The van der Waals surface area contributed by atoms with Gasteiger partial charge in [0.15, 0.2) is 23.8 Å². The number of nitrogens with zero attached hydrogens (tertiary/aromatic N) is 5. The highest BCUT2D eigenvalue weighted by Crippen LogP contribution is 2.39. The second-order valence-electron chi connectivity index (χ2n) is 12.8. The summed E-state index contributed by atoms with van der Waals surface area (Å²) in [7, 11) is 1.65. The van der Waals surface area contributed by atoms with Gasteiger partial charge in [0.25, 0.3) is 0 Å². The fourth-order valence-corrected chi connectivity index (χ4v) is 6.76. The van der Waals surface area contributed by atoms with Crippen LogP contribution in [-0.2, 0) is 34.5 Å². The van der Waals surface area contributed by atoms with Gasteiger partial charge >= 0.3 is 11.8 Å². The third-order valence-corrected chi connectivity index (χ3v) is 9.37. The molecule has 3 aromatic heterocycles. The Hall–Kier alpha value is -4.84. The lowest BCUT2D eigenvalue weighted by Crippen LogP contribution is -2.31. The zero-order chi connectivity index (χ0) is 35.5. The summed E-state index contributed by atoms with van der Waals surface area (Å²) in [6.07, 6.45) is 2.24. The number of esters is 1. The predicted octanol–water partition coefficient (Wildman–Crippen LogP) is 7.28. The third-order valence-electron chi connectivity index (χ3n) is 9.37. The summed E-state index contributed by atoms with van der Waals surface area (Å²) in [4.78, 5) is 31.3. The van der Waals surface area contributed by atoms with Crippen molar-refractivity contribution >= 4 is 5.97 Å². The standard InChI is InChI=1S/C37H46N6O6/c1-10-28-29(49-36(45)48-28)20-47-35(44)32-33(37(11-2,12-3)46-9)38-30(18-21(4)5)43(32)24(8)26-17-16-25(19-23(26)7)31-22(6)14-13-15-27(31)34-39-41-42-40-34/h13-17,19,21,24H,10-12,18,20H2,1-9H3,(H,39,40,41,42). The Balaban J connectivity index is 1.65. The van der Waals surface area contributed by atoms with E-state index in [1.807, 2.05) is 37.5 Å². The summed E-state index contributed by atoms with van der Waals surface area (Å²) >= 11 is 0. The molecule has 0 aliphatic heterocycles. The molecule has 1 N–H and O–H groups in total. The summed E-state index contributed by atoms with van der Waals surface area (Å²) in [5.41, 5.74) is 6.10. The Labute approximate surface area is 286 Å². The highest BCUT2D eigenvalue weighted by molar-refractivity contribution is 5.90. The van der Waals surface area contributed by atoms with Crippen molar-refractivity contribution in [1.29, 1.82) is 0 Å². The van der Waals surface area contributed by atoms with Gasteiger partial charge in [0.2, 0.25) is 5.82 Å². The Bertz CT molecular complexity index is 1960. The Morgan fingerprint density at radius 2 is 1.76 bits per heavy atom. The molecule has 5 aromatic rings. The first kappa shape index (κ1) is 35.5. The second kappa shape index (κ2) is 14.7. The quantitative estimate of drug-likeness (QED) is 0.119. The number of benzene rings is 2. The van der Waals surface area contributed by atoms with Crippen LogP contribution in [0, 0.1) is 19.8 Å². The highest BCUT2D eigenvalue weighted by Gasteiger charge is 2.40. The van der Waals surface area contributed by atoms with Crippen LogP contribution in [0.1, 0.15) is 111 Å². The first-order valence-corrected chi connectivity index (χ1v) is 16.9. The monoisotopic (exact) mass is 670 g/mol. The lowest BCUT2D eigenvalue weighted by molar-refractivity contribution is -0.0265. The number of carbonyl (C=O) groups is 1. The lowest BCUT2D eigenvalue weighted by Gasteiger charge is -2.30. The molecule has 1 atom stereocenters. The third kappa shape index (κ3) is 6.87. The van der Waals surface area contributed by atoms with Crippen LogP contribution >= 0.6 is 0 Å². The molecule has 0 spiro atoms. The number of aryl methyl sites for hydroxylation is 3. The maximum absolute atomic E-state index is 14.3. The van der Waals surface area contributed by atoms with Crippen LogP contribution in [0.15, 0.2) is 50.0 Å². The number of methoxy groups -OCH3 is 1. The number of imidazole rings is 1. The SMILES string of the molecule is CCc1oc(=O)oc1COC(=O)c1c(C(CC)(CC)OC)nc(CC(C)C)n1C(C)c1ccc(-c2c(C)cccc2-c2nn[nH]n2)cc1C. The van der Waals surface area contributed by atoms with Crippen molar-refractivity contribution in [3.8, 4) is 22.5 Å². The van der Waals surface area contributed by atoms with E-state index in [1.54, 1.807) is 7.11 Å². The van der Waals surface area contributed by atoms with Crippen molar-refractivity contribution in [3.63, 3.8) is 0 Å². The Kier molecular flexibility index (Phi) is 10.7. The van der Waals surface area contributed by atoms with Gasteiger partial charge in [-0.05, 0) is 72.6 Å². The van der Waals surface area contributed by atoms with Crippen LogP contribution in [0.2, 0.25) is 0 Å². The topological polar surface area (TPSA) is 151 Å². The van der Waals surface area contributed by atoms with Crippen LogP contribution in [0.3, 0.4) is 0 Å². The first-order valence-electron chi connectivity index (χ1n) is 16.9. The summed E-state index contributed by atoms with van der Waals surface area (Å²) in [6.45, 7) is 16.1. The number of aromatic nitrogens is 6. The van der Waals surface area contributed by atoms with E-state index in [9.17, 15) is 9.59 Å². The molecule has 12 nitrogen and oxygen atoms in total. The molecule has 0 saturated heterocycles. The maximum atomic E-state index is 14.3. The van der Waals surface area contributed by atoms with Crippen molar-refractivity contribution in [1.82, 2.24) is 30.2 Å². The van der Waals surface area contributed by atoms with Crippen molar-refractivity contribution in [3.05, 3.63) is 92.4 Å². The summed E-state index contributed by atoms with van der Waals surface area (Å²) in [5.74, 6) is 0.666. The summed E-state index contributed by atoms with van der Waals surface area (Å²) in [6, 6.07) is 12.1. The van der Waals surface area contributed by atoms with Gasteiger partial charge in [-0.15, -0.1) is 10.2 Å². The smallest absolute Gasteiger partial charge is 0.453 e. The molecule has 2 aromatic carbocycles. The molecule has 0 aliphatic carbocycles. The second-order valence-corrected chi connectivity index (χ2v) is 12.8. The maximum Gasteiger partial charge on any atom is 0.519 e. The number of ether oxygens (including phenoxy) is 2. The molecule has 12 heteroatoms. The van der Waals surface area contributed by atoms with Gasteiger partial charge in [0.05, 0.1) is 6.04 Å². The van der Waals surface area contributed by atoms with Gasteiger partial charge in [0, 0.05) is 25.5 Å². The van der Waals surface area contributed by atoms with Crippen LogP contribution in [-0.4, -0.2) is 43.3 Å². The van der Waals surface area contributed by atoms with E-state index in [-0.39, 0.29) is 24.3 Å². The fraction of sp³-hybridized carbons (Fsp3) is 0.459. The molecule has 260 valence electrons. The van der Waals surface area contributed by atoms with E-state index < -0.39 is 17.4 Å². The van der Waals surface area contributed by atoms with Crippen molar-refractivity contribution < 1.29 is 23.1 Å². The molecule has 1 unspecified atom stereocenters. The van der Waals surface area contributed by atoms with Crippen LogP contribution < -0.4 is 5.82 Å². The molecule has 49 heavy (non-hydrogen) atoms. The minimum Gasteiger partial charge on any atom is -0.453 e. The number of carbonyl (C=O) groups excluding carboxylic acids is 1. The number of H-pyrrole nitrogens is 1. The number of hydrogen-bond donors (Lipinski definition) is 1. The molecule has 0 fully saturated rings. The van der Waals surface area contributed by atoms with Crippen molar-refractivity contribution in [2.24, 2.45) is 5.92 Å². The minimum absolute atomic E-state index is 0.190. The Morgan fingerprint density at radius 1 is 1.02 bits per heavy atom. The van der Waals surface area contributed by atoms with Gasteiger partial charge in [-0.25, -0.2) is 14.6 Å². The fourth-order valence-electron chi connectivity index (χ4n) is 6.76. The first-order chi connectivity index (χ1) is 23.5. The normalized spacial score (nSPS) is 12.5. The van der Waals surface area contributed by atoms with Crippen LogP contribution in [0.4, 0.5) is 0 Å². The molecule has 0 radical (unpaired) electrons. The highest BCUT2D eigenvalue weighted by atomic mass is 16.6. The van der Waals surface area contributed by atoms with Gasteiger partial charge in [0.1, 0.15) is 17.1 Å². The molecule has 0 bridgehead atoms. The van der Waals surface area contributed by atoms with Crippen molar-refractivity contribution in [2.45, 2.75) is 99.3 Å². The Morgan fingerprint density at radius 3 is 2.37 bits per heavy atom.